The Bertz CT molecular complexity index is 700. The zero-order chi connectivity index (χ0) is 14.9. The van der Waals surface area contributed by atoms with E-state index in [9.17, 15) is 25.0 Å². The molecule has 0 fully saturated rings. The summed E-state index contributed by atoms with van der Waals surface area (Å²) in [6.07, 6.45) is 1.03. The Morgan fingerprint density at radius 1 is 1.30 bits per heavy atom. The SMILES string of the molecule is O=C(O)c1cc([N+](=O)[O-])cn1Cc1ccc([N+](=O)[O-])o1. The van der Waals surface area contributed by atoms with E-state index >= 15 is 0 Å². The minimum Gasteiger partial charge on any atom is -0.477 e. The van der Waals surface area contributed by atoms with Crippen molar-refractivity contribution < 1.29 is 24.2 Å². The van der Waals surface area contributed by atoms with Gasteiger partial charge in [0.25, 0.3) is 5.69 Å². The number of aromatic nitrogens is 1. The van der Waals surface area contributed by atoms with E-state index < -0.39 is 21.7 Å². The highest BCUT2D eigenvalue weighted by molar-refractivity contribution is 5.86. The molecule has 2 aromatic heterocycles. The molecule has 0 saturated heterocycles. The summed E-state index contributed by atoms with van der Waals surface area (Å²) < 4.78 is 5.94. The second-order valence-corrected chi connectivity index (χ2v) is 3.77. The summed E-state index contributed by atoms with van der Waals surface area (Å²) in [7, 11) is 0. The van der Waals surface area contributed by atoms with Gasteiger partial charge in [-0.05, 0) is 6.07 Å². The van der Waals surface area contributed by atoms with Crippen molar-refractivity contribution in [1.82, 2.24) is 4.57 Å². The molecular formula is C10H7N3O7. The van der Waals surface area contributed by atoms with Gasteiger partial charge in [-0.25, -0.2) is 4.79 Å². The Kier molecular flexibility index (Phi) is 3.21. The molecular weight excluding hydrogens is 274 g/mol. The minimum atomic E-state index is -1.35. The Morgan fingerprint density at radius 3 is 2.50 bits per heavy atom. The van der Waals surface area contributed by atoms with Crippen molar-refractivity contribution in [1.29, 1.82) is 0 Å². The molecule has 0 spiro atoms. The van der Waals surface area contributed by atoms with Crippen LogP contribution in [0.25, 0.3) is 0 Å². The van der Waals surface area contributed by atoms with E-state index in [1.165, 1.54) is 6.07 Å². The third-order valence-corrected chi connectivity index (χ3v) is 2.47. The molecule has 104 valence electrons. The molecule has 2 heterocycles. The molecule has 0 unspecified atom stereocenters. The number of hydrogen-bond donors (Lipinski definition) is 1. The number of carboxylic acids is 1. The van der Waals surface area contributed by atoms with Gasteiger partial charge < -0.3 is 14.1 Å². The lowest BCUT2D eigenvalue weighted by Gasteiger charge is -2.01. The molecule has 0 aliphatic heterocycles. The van der Waals surface area contributed by atoms with Gasteiger partial charge in [0.2, 0.25) is 0 Å². The molecule has 0 aliphatic carbocycles. The van der Waals surface area contributed by atoms with E-state index in [0.29, 0.717) is 0 Å². The van der Waals surface area contributed by atoms with E-state index in [1.54, 1.807) is 0 Å². The average Bonchev–Trinajstić information content (AvgIpc) is 2.96. The fraction of sp³-hybridized carbons (Fsp3) is 0.100. The maximum absolute atomic E-state index is 11.0. The van der Waals surface area contributed by atoms with Crippen LogP contribution in [0.4, 0.5) is 11.6 Å². The first kappa shape index (κ1) is 13.3. The fourth-order valence-electron chi connectivity index (χ4n) is 1.62. The molecule has 0 atom stereocenters. The summed E-state index contributed by atoms with van der Waals surface area (Å²) in [5, 5.41) is 30.0. The van der Waals surface area contributed by atoms with E-state index in [2.05, 4.69) is 0 Å². The zero-order valence-electron chi connectivity index (χ0n) is 9.75. The molecule has 10 nitrogen and oxygen atoms in total. The summed E-state index contributed by atoms with van der Waals surface area (Å²) in [5.41, 5.74) is -0.695. The predicted octanol–water partition coefficient (Wildman–Crippen LogP) is 1.64. The number of furan rings is 1. The quantitative estimate of drug-likeness (QED) is 0.648. The number of hydrogen-bond acceptors (Lipinski definition) is 6. The largest absolute Gasteiger partial charge is 0.477 e. The summed E-state index contributed by atoms with van der Waals surface area (Å²) in [6.45, 7) is -0.163. The van der Waals surface area contributed by atoms with E-state index in [-0.39, 0.29) is 23.7 Å². The standard InChI is InChI=1S/C10H7N3O7/c14-10(15)8-3-6(12(16)17)4-11(8)5-7-1-2-9(20-7)13(18)19/h1-4H,5H2,(H,14,15). The Labute approximate surface area is 110 Å². The highest BCUT2D eigenvalue weighted by Gasteiger charge is 2.20. The van der Waals surface area contributed by atoms with Crippen molar-refractivity contribution in [2.24, 2.45) is 0 Å². The van der Waals surface area contributed by atoms with Gasteiger partial charge in [-0.1, -0.05) is 0 Å². The second-order valence-electron chi connectivity index (χ2n) is 3.77. The smallest absolute Gasteiger partial charge is 0.433 e. The summed E-state index contributed by atoms with van der Waals surface area (Å²) in [6, 6.07) is 3.32. The topological polar surface area (TPSA) is 142 Å². The number of rotatable bonds is 5. The van der Waals surface area contributed by atoms with Gasteiger partial charge in [0.15, 0.2) is 0 Å². The summed E-state index contributed by atoms with van der Waals surface area (Å²) >= 11 is 0. The maximum atomic E-state index is 11.0. The van der Waals surface area contributed by atoms with Crippen molar-refractivity contribution in [3.8, 4) is 0 Å². The van der Waals surface area contributed by atoms with Crippen LogP contribution in [0.15, 0.2) is 28.8 Å². The molecule has 1 N–H and O–H groups in total. The molecule has 2 rings (SSSR count). The van der Waals surface area contributed by atoms with Crippen LogP contribution < -0.4 is 0 Å². The van der Waals surface area contributed by atoms with Gasteiger partial charge in [-0.15, -0.1) is 0 Å². The van der Waals surface area contributed by atoms with Crippen molar-refractivity contribution in [2.45, 2.75) is 6.54 Å². The van der Waals surface area contributed by atoms with Gasteiger partial charge in [0.1, 0.15) is 16.4 Å². The minimum absolute atomic E-state index is 0.115. The lowest BCUT2D eigenvalue weighted by atomic mass is 10.4. The number of nitro groups is 2. The number of carbonyl (C=O) groups is 1. The van der Waals surface area contributed by atoms with Crippen LogP contribution in [0.5, 0.6) is 0 Å². The van der Waals surface area contributed by atoms with Crippen LogP contribution >= 0.6 is 0 Å². The van der Waals surface area contributed by atoms with Crippen molar-refractivity contribution in [3.05, 3.63) is 56.1 Å². The first-order chi connectivity index (χ1) is 9.38. The normalized spacial score (nSPS) is 10.4. The van der Waals surface area contributed by atoms with Crippen LogP contribution in [0, 0.1) is 20.2 Å². The molecule has 0 radical (unpaired) electrons. The van der Waals surface area contributed by atoms with E-state index in [0.717, 1.165) is 22.9 Å². The van der Waals surface area contributed by atoms with Gasteiger partial charge in [0.05, 0.1) is 23.7 Å². The Hall–Kier alpha value is -3.17. The highest BCUT2D eigenvalue weighted by Crippen LogP contribution is 2.21. The highest BCUT2D eigenvalue weighted by atomic mass is 16.6. The molecule has 0 bridgehead atoms. The predicted molar refractivity (Wildman–Crippen MR) is 62.5 cm³/mol. The molecule has 0 amide bonds. The van der Waals surface area contributed by atoms with Crippen LogP contribution in [-0.4, -0.2) is 25.5 Å². The van der Waals surface area contributed by atoms with Gasteiger partial charge in [-0.2, -0.15) is 0 Å². The molecule has 20 heavy (non-hydrogen) atoms. The first-order valence-corrected chi connectivity index (χ1v) is 5.19. The van der Waals surface area contributed by atoms with Gasteiger partial charge in [-0.3, -0.25) is 20.2 Å². The van der Waals surface area contributed by atoms with Crippen molar-refractivity contribution in [2.75, 3.05) is 0 Å². The van der Waals surface area contributed by atoms with Gasteiger partial charge in [0, 0.05) is 6.07 Å². The Morgan fingerprint density at radius 2 is 2.00 bits per heavy atom. The number of carboxylic acid groups (broad SMARTS) is 1. The lowest BCUT2D eigenvalue weighted by Crippen LogP contribution is -2.07. The lowest BCUT2D eigenvalue weighted by molar-refractivity contribution is -0.402. The van der Waals surface area contributed by atoms with Crippen LogP contribution in [-0.2, 0) is 6.54 Å². The summed E-state index contributed by atoms with van der Waals surface area (Å²) in [4.78, 5) is 30.6. The third kappa shape index (κ3) is 2.48. The average molecular weight is 281 g/mol. The van der Waals surface area contributed by atoms with Gasteiger partial charge >= 0.3 is 11.9 Å². The van der Waals surface area contributed by atoms with Crippen molar-refractivity contribution in [3.63, 3.8) is 0 Å². The van der Waals surface area contributed by atoms with E-state index in [4.69, 9.17) is 9.52 Å². The Balaban J connectivity index is 2.33. The fourth-order valence-corrected chi connectivity index (χ4v) is 1.62. The second kappa shape index (κ2) is 4.84. The van der Waals surface area contributed by atoms with E-state index in [1.807, 2.05) is 0 Å². The van der Waals surface area contributed by atoms with Crippen LogP contribution in [0.1, 0.15) is 16.2 Å². The molecule has 0 saturated carbocycles. The molecule has 0 aromatic carbocycles. The maximum Gasteiger partial charge on any atom is 0.433 e. The molecule has 2 aromatic rings. The van der Waals surface area contributed by atoms with Crippen LogP contribution in [0.3, 0.4) is 0 Å². The zero-order valence-corrected chi connectivity index (χ0v) is 9.75. The summed E-state index contributed by atoms with van der Waals surface area (Å²) in [5.74, 6) is -1.72. The van der Waals surface area contributed by atoms with Crippen molar-refractivity contribution >= 4 is 17.5 Å². The first-order valence-electron chi connectivity index (χ1n) is 5.19. The number of nitrogens with zero attached hydrogens (tertiary/aromatic N) is 3. The van der Waals surface area contributed by atoms with Crippen LogP contribution in [0.2, 0.25) is 0 Å². The number of aromatic carboxylic acids is 1. The molecule has 10 heteroatoms. The molecule has 0 aliphatic rings. The third-order valence-electron chi connectivity index (χ3n) is 2.47. The monoisotopic (exact) mass is 281 g/mol.